The molecule has 0 N–H and O–H groups in total. The molecule has 0 amide bonds. The summed E-state index contributed by atoms with van der Waals surface area (Å²) in [5.41, 5.74) is 36.0. The molecule has 68 heavy (non-hydrogen) atoms. The molecule has 0 saturated heterocycles. The van der Waals surface area contributed by atoms with E-state index in [1.807, 2.05) is 0 Å². The van der Waals surface area contributed by atoms with Crippen molar-refractivity contribution < 1.29 is 4.42 Å². The first kappa shape index (κ1) is 46.4. The Morgan fingerprint density at radius 1 is 0.279 bits per heavy atom. The number of nitrogens with zero attached hydrogens (tertiary/aromatic N) is 2. The van der Waals surface area contributed by atoms with Crippen LogP contribution in [0.15, 0.2) is 59.0 Å². The molecule has 0 aliphatic heterocycles. The Bertz CT molecular complexity index is 3930. The van der Waals surface area contributed by atoms with Crippen LogP contribution in [0.25, 0.3) is 99.3 Å². The van der Waals surface area contributed by atoms with E-state index in [4.69, 9.17) is 14.4 Å². The minimum absolute atomic E-state index is 0.719. The fraction of sp³-hybridized carbons (Fsp3) is 0. The van der Waals surface area contributed by atoms with Crippen LogP contribution in [0.5, 0.6) is 0 Å². The van der Waals surface area contributed by atoms with Crippen molar-refractivity contribution in [2.45, 2.75) is 0 Å². The molecule has 8 aromatic carbocycles. The molecule has 10 aromatic rings. The monoisotopic (exact) mass is 853 g/mol. The largest absolute Gasteiger partial charge is 0.456 e. The lowest BCUT2D eigenvalue weighted by Gasteiger charge is -2.29. The fourth-order valence-electron chi connectivity index (χ4n) is 12.6. The normalized spacial score (nSPS) is 11.8. The van der Waals surface area contributed by atoms with E-state index < -0.39 is 0 Å². The molecule has 3 nitrogen and oxygen atoms in total. The van der Waals surface area contributed by atoms with Crippen LogP contribution in [0.2, 0.25) is 0 Å². The van der Waals surface area contributed by atoms with Gasteiger partial charge in [0.1, 0.15) is 160 Å². The molecule has 0 atom stereocenters. The maximum absolute atomic E-state index is 7.63. The molecule has 0 unspecified atom stereocenters. The molecule has 304 valence electrons. The molecule has 22 heteroatoms. The SMILES string of the molecule is Bc1c(B)c(-c2c(B)c(B)c(B)c3c(B)c(B)c(B)c(B)c23)c(B)c(B)c1-c1c(B)c(B)c(-c2nc(-c3ccccc3)c3ccccc3n2)c2c1oc1c(B)c3c(B)c(B)c(B)c(B)c3c(B)c12. The highest BCUT2D eigenvalue weighted by Gasteiger charge is 2.31. The Morgan fingerprint density at radius 3 is 1.25 bits per heavy atom. The van der Waals surface area contributed by atoms with Crippen LogP contribution >= 0.6 is 0 Å². The minimum Gasteiger partial charge on any atom is -0.456 e. The Kier molecular flexibility index (Phi) is 11.2. The highest BCUT2D eigenvalue weighted by atomic mass is 16.3. The van der Waals surface area contributed by atoms with Gasteiger partial charge in [-0.05, 0) is 49.8 Å². The van der Waals surface area contributed by atoms with Crippen molar-refractivity contribution in [1.29, 1.82) is 0 Å². The van der Waals surface area contributed by atoms with E-state index in [2.05, 4.69) is 204 Å². The van der Waals surface area contributed by atoms with Crippen molar-refractivity contribution in [3.63, 3.8) is 0 Å². The average Bonchev–Trinajstić information content (AvgIpc) is 3.73. The molecule has 0 radical (unpaired) electrons. The van der Waals surface area contributed by atoms with Gasteiger partial charge in [0.25, 0.3) is 0 Å². The van der Waals surface area contributed by atoms with E-state index in [0.717, 1.165) is 61.1 Å². The third-order valence-electron chi connectivity index (χ3n) is 17.7. The third kappa shape index (κ3) is 6.26. The quantitative estimate of drug-likeness (QED) is 0.166. The van der Waals surface area contributed by atoms with Gasteiger partial charge in [0.15, 0.2) is 5.82 Å². The Hall–Kier alpha value is -5.35. The first-order valence-corrected chi connectivity index (χ1v) is 24.5. The molecule has 2 aromatic heterocycles. The van der Waals surface area contributed by atoms with Gasteiger partial charge >= 0.3 is 0 Å². The van der Waals surface area contributed by atoms with Gasteiger partial charge in [-0.1, -0.05) is 120 Å². The van der Waals surface area contributed by atoms with E-state index in [-0.39, 0.29) is 0 Å². The smallest absolute Gasteiger partial charge is 0.160 e. The summed E-state index contributed by atoms with van der Waals surface area (Å²) >= 11 is 0. The predicted octanol–water partition coefficient (Wildman–Crippen LogP) is -20.6. The second-order valence-corrected chi connectivity index (χ2v) is 20.5. The lowest BCUT2D eigenvalue weighted by Crippen LogP contribution is -2.53. The summed E-state index contributed by atoms with van der Waals surface area (Å²) in [6.45, 7) is 0. The fourth-order valence-corrected chi connectivity index (χ4v) is 12.6. The summed E-state index contributed by atoms with van der Waals surface area (Å²) in [6, 6.07) is 19.0. The van der Waals surface area contributed by atoms with Crippen LogP contribution < -0.4 is 104 Å². The molecule has 2 heterocycles. The number of hydrogen-bond acceptors (Lipinski definition) is 3. The van der Waals surface area contributed by atoms with E-state index >= 15 is 0 Å². The predicted molar refractivity (Wildman–Crippen MR) is 359 cm³/mol. The molecule has 0 aliphatic rings. The maximum atomic E-state index is 7.63. The Labute approximate surface area is 418 Å². The third-order valence-corrected chi connectivity index (χ3v) is 17.7. The molecular weight excluding hydrogens is 802 g/mol. The number of fused-ring (bicyclic) bond motifs is 6. The van der Waals surface area contributed by atoms with Gasteiger partial charge in [-0.15, -0.1) is 27.3 Å². The number of benzene rings is 8. The van der Waals surface area contributed by atoms with E-state index in [1.165, 1.54) is 142 Å². The van der Waals surface area contributed by atoms with Crippen molar-refractivity contribution in [2.24, 2.45) is 0 Å². The van der Waals surface area contributed by atoms with E-state index in [1.54, 1.807) is 0 Å². The molecule has 0 aliphatic carbocycles. The zero-order valence-corrected chi connectivity index (χ0v) is 44.0. The summed E-state index contributed by atoms with van der Waals surface area (Å²) in [5, 5.41) is 8.72. The second-order valence-electron chi connectivity index (χ2n) is 20.5. The van der Waals surface area contributed by atoms with Crippen LogP contribution in [0.3, 0.4) is 0 Å². The standard InChI is InChI=1S/C46H47B19N2O/c47-24-18-19(34(57)42(65)41(64)33(18)56)37(60)45-21(24)15-23(46-66-12-9-5-4-8-11(12)43(67-46)10-6-2-1-3-7-10)36(59)35(58)22(44(15)68-45)20-29(52)27(50)16(28(51)30(20)53)13-14-17(31(54)38(61)25(13)48)32(55)40(63)39(62)26(14)49/h1-9H,47-65H2. The summed E-state index contributed by atoms with van der Waals surface area (Å²) in [4.78, 5) is 11.1. The van der Waals surface area contributed by atoms with Gasteiger partial charge in [-0.25, -0.2) is 9.97 Å². The van der Waals surface area contributed by atoms with Gasteiger partial charge in [-0.2, -0.15) is 0 Å². The van der Waals surface area contributed by atoms with Crippen molar-refractivity contribution in [3.05, 3.63) is 54.6 Å². The van der Waals surface area contributed by atoms with Crippen molar-refractivity contribution in [2.75, 3.05) is 0 Å². The molecule has 0 spiro atoms. The molecule has 0 saturated carbocycles. The molecular formula is C46H47B19N2O. The van der Waals surface area contributed by atoms with Gasteiger partial charge < -0.3 is 4.42 Å². The molecule has 0 bridgehead atoms. The molecule has 0 fully saturated rings. The summed E-state index contributed by atoms with van der Waals surface area (Å²) in [5.74, 6) is 0.719. The molecule has 10 rings (SSSR count). The zero-order valence-electron chi connectivity index (χ0n) is 44.0. The summed E-state index contributed by atoms with van der Waals surface area (Å²) < 4.78 is 7.63. The lowest BCUT2D eigenvalue weighted by atomic mass is 9.56. The van der Waals surface area contributed by atoms with Crippen molar-refractivity contribution in [1.82, 2.24) is 9.97 Å². The van der Waals surface area contributed by atoms with Crippen LogP contribution in [0.1, 0.15) is 0 Å². The van der Waals surface area contributed by atoms with Crippen LogP contribution in [0.4, 0.5) is 0 Å². The number of aromatic nitrogens is 2. The lowest BCUT2D eigenvalue weighted by molar-refractivity contribution is 0.673. The second kappa shape index (κ2) is 16.4. The van der Waals surface area contributed by atoms with Crippen LogP contribution in [0, 0.1) is 0 Å². The van der Waals surface area contributed by atoms with E-state index in [0.29, 0.717) is 0 Å². The van der Waals surface area contributed by atoms with Gasteiger partial charge in [0, 0.05) is 32.8 Å². The number of hydrogen-bond donors (Lipinski definition) is 0. The Balaban J connectivity index is 1.39. The van der Waals surface area contributed by atoms with Gasteiger partial charge in [0.2, 0.25) is 0 Å². The van der Waals surface area contributed by atoms with Crippen LogP contribution in [-0.4, -0.2) is 159 Å². The maximum Gasteiger partial charge on any atom is 0.160 e. The number of rotatable bonds is 4. The first-order valence-electron chi connectivity index (χ1n) is 24.5. The topological polar surface area (TPSA) is 38.9 Å². The van der Waals surface area contributed by atoms with Crippen molar-refractivity contribution >= 4 is 307 Å². The number of furan rings is 1. The van der Waals surface area contributed by atoms with Crippen LogP contribution in [-0.2, 0) is 0 Å². The average molecular weight is 849 g/mol. The highest BCUT2D eigenvalue weighted by Crippen LogP contribution is 2.39. The highest BCUT2D eigenvalue weighted by molar-refractivity contribution is 6.75. The summed E-state index contributed by atoms with van der Waals surface area (Å²) in [6.07, 6.45) is 0. The zero-order chi connectivity index (χ0) is 48.8. The van der Waals surface area contributed by atoms with Crippen molar-refractivity contribution in [3.8, 4) is 44.9 Å². The number of para-hydroxylation sites is 1. The first-order chi connectivity index (χ1) is 32.2. The van der Waals surface area contributed by atoms with Gasteiger partial charge in [0.05, 0.1) is 11.2 Å². The minimum atomic E-state index is 0.719. The Morgan fingerprint density at radius 2 is 0.691 bits per heavy atom. The van der Waals surface area contributed by atoms with Gasteiger partial charge in [-0.3, -0.25) is 0 Å². The van der Waals surface area contributed by atoms with E-state index in [9.17, 15) is 0 Å². The summed E-state index contributed by atoms with van der Waals surface area (Å²) in [7, 11) is 44.0.